The molecule has 3 rings (SSSR count). The van der Waals surface area contributed by atoms with Gasteiger partial charge in [0.2, 0.25) is 10.0 Å². The molecule has 0 atom stereocenters. The Morgan fingerprint density at radius 2 is 1.83 bits per heavy atom. The van der Waals surface area contributed by atoms with Crippen LogP contribution in [0.1, 0.15) is 42.9 Å². The molecular formula is C22H32N4O3S. The highest BCUT2D eigenvalue weighted by Crippen LogP contribution is 2.27. The summed E-state index contributed by atoms with van der Waals surface area (Å²) in [5, 5.41) is 0. The predicted molar refractivity (Wildman–Crippen MR) is 120 cm³/mol. The third-order valence-electron chi connectivity index (χ3n) is 5.43. The molecule has 2 aromatic rings. The second-order valence-electron chi connectivity index (χ2n) is 7.60. The first kappa shape index (κ1) is 22.5. The monoisotopic (exact) mass is 432 g/mol. The van der Waals surface area contributed by atoms with Gasteiger partial charge in [-0.15, -0.1) is 0 Å². The molecule has 1 aliphatic rings. The summed E-state index contributed by atoms with van der Waals surface area (Å²) in [5.74, 6) is 2.71. The van der Waals surface area contributed by atoms with Gasteiger partial charge < -0.3 is 9.64 Å². The molecule has 1 aliphatic heterocycles. The minimum atomic E-state index is -3.17. The quantitative estimate of drug-likeness (QED) is 0.639. The molecule has 1 aromatic carbocycles. The Labute approximate surface area is 180 Å². The van der Waals surface area contributed by atoms with E-state index in [1.165, 1.54) is 0 Å². The summed E-state index contributed by atoms with van der Waals surface area (Å²) in [6.07, 6.45) is 2.17. The lowest BCUT2D eigenvalue weighted by Crippen LogP contribution is -2.49. The zero-order valence-corrected chi connectivity index (χ0v) is 19.2. The van der Waals surface area contributed by atoms with Gasteiger partial charge in [0.05, 0.1) is 12.9 Å². The SMILES string of the molecule is CCCS(=O)(=O)N1CCN(c2nc(C)nc(CC)c2Cc2cccc(OC)c2)CC1. The van der Waals surface area contributed by atoms with Crippen molar-refractivity contribution >= 4 is 15.8 Å². The lowest BCUT2D eigenvalue weighted by atomic mass is 10.0. The van der Waals surface area contributed by atoms with Crippen molar-refractivity contribution in [1.29, 1.82) is 0 Å². The first-order chi connectivity index (χ1) is 14.4. The van der Waals surface area contributed by atoms with Crippen molar-refractivity contribution in [2.24, 2.45) is 0 Å². The Morgan fingerprint density at radius 3 is 2.47 bits per heavy atom. The second kappa shape index (κ2) is 9.75. The van der Waals surface area contributed by atoms with Gasteiger partial charge >= 0.3 is 0 Å². The minimum Gasteiger partial charge on any atom is -0.497 e. The van der Waals surface area contributed by atoms with E-state index in [0.717, 1.165) is 40.6 Å². The van der Waals surface area contributed by atoms with Gasteiger partial charge in [-0.3, -0.25) is 0 Å². The molecule has 0 N–H and O–H groups in total. The summed E-state index contributed by atoms with van der Waals surface area (Å²) in [4.78, 5) is 11.7. The fourth-order valence-electron chi connectivity index (χ4n) is 3.92. The molecule has 2 heterocycles. The van der Waals surface area contributed by atoms with Crippen LogP contribution in [-0.2, 0) is 22.9 Å². The molecule has 30 heavy (non-hydrogen) atoms. The van der Waals surface area contributed by atoms with Crippen molar-refractivity contribution in [3.8, 4) is 5.75 Å². The Morgan fingerprint density at radius 1 is 1.10 bits per heavy atom. The maximum absolute atomic E-state index is 12.4. The Hall–Kier alpha value is -2.19. The van der Waals surface area contributed by atoms with Crippen LogP contribution < -0.4 is 9.64 Å². The van der Waals surface area contributed by atoms with Crippen molar-refractivity contribution in [2.75, 3.05) is 43.9 Å². The Balaban J connectivity index is 1.88. The lowest BCUT2D eigenvalue weighted by molar-refractivity contribution is 0.383. The smallest absolute Gasteiger partial charge is 0.214 e. The van der Waals surface area contributed by atoms with Crippen LogP contribution in [-0.4, -0.2) is 61.7 Å². The molecule has 164 valence electrons. The number of aromatic nitrogens is 2. The first-order valence-corrected chi connectivity index (χ1v) is 12.2. The number of benzene rings is 1. The van der Waals surface area contributed by atoms with Crippen LogP contribution in [0, 0.1) is 6.92 Å². The highest BCUT2D eigenvalue weighted by Gasteiger charge is 2.28. The largest absolute Gasteiger partial charge is 0.497 e. The number of nitrogens with zero attached hydrogens (tertiary/aromatic N) is 4. The summed E-state index contributed by atoms with van der Waals surface area (Å²) < 4.78 is 31.8. The third-order valence-corrected chi connectivity index (χ3v) is 7.50. The van der Waals surface area contributed by atoms with Gasteiger partial charge in [-0.25, -0.2) is 18.4 Å². The lowest BCUT2D eigenvalue weighted by Gasteiger charge is -2.36. The summed E-state index contributed by atoms with van der Waals surface area (Å²) in [6, 6.07) is 8.05. The van der Waals surface area contributed by atoms with Gasteiger partial charge in [-0.2, -0.15) is 4.31 Å². The van der Waals surface area contributed by atoms with E-state index in [0.29, 0.717) is 39.0 Å². The van der Waals surface area contributed by atoms with Gasteiger partial charge in [0.25, 0.3) is 0 Å². The normalized spacial score (nSPS) is 15.4. The standard InChI is InChI=1S/C22H32N4O3S/c1-5-14-30(27,28)26-12-10-25(11-13-26)22-20(21(6-2)23-17(3)24-22)16-18-8-7-9-19(15-18)29-4/h7-9,15H,5-6,10-14,16H2,1-4H3. The predicted octanol–water partition coefficient (Wildman–Crippen LogP) is 2.81. The van der Waals surface area contributed by atoms with Crippen LogP contribution in [0.4, 0.5) is 5.82 Å². The molecule has 0 unspecified atom stereocenters. The van der Waals surface area contributed by atoms with E-state index < -0.39 is 10.0 Å². The van der Waals surface area contributed by atoms with E-state index in [1.54, 1.807) is 11.4 Å². The maximum Gasteiger partial charge on any atom is 0.214 e. The first-order valence-electron chi connectivity index (χ1n) is 10.6. The number of aryl methyl sites for hydroxylation is 2. The molecule has 0 radical (unpaired) electrons. The average molecular weight is 433 g/mol. The summed E-state index contributed by atoms with van der Waals surface area (Å²) >= 11 is 0. The fraction of sp³-hybridized carbons (Fsp3) is 0.545. The number of ether oxygens (including phenoxy) is 1. The molecule has 1 fully saturated rings. The van der Waals surface area contributed by atoms with Gasteiger partial charge in [0, 0.05) is 43.9 Å². The third kappa shape index (κ3) is 5.10. The Bertz CT molecular complexity index is 970. The Kier molecular flexibility index (Phi) is 7.31. The average Bonchev–Trinajstić information content (AvgIpc) is 2.75. The molecule has 1 aromatic heterocycles. The second-order valence-corrected chi connectivity index (χ2v) is 9.69. The number of rotatable bonds is 8. The molecule has 0 bridgehead atoms. The van der Waals surface area contributed by atoms with E-state index >= 15 is 0 Å². The van der Waals surface area contributed by atoms with Gasteiger partial charge in [0.15, 0.2) is 0 Å². The van der Waals surface area contributed by atoms with E-state index in [-0.39, 0.29) is 5.75 Å². The van der Waals surface area contributed by atoms with Crippen molar-refractivity contribution < 1.29 is 13.2 Å². The van der Waals surface area contributed by atoms with E-state index in [1.807, 2.05) is 32.0 Å². The van der Waals surface area contributed by atoms with Crippen LogP contribution in [0.3, 0.4) is 0 Å². The molecular weight excluding hydrogens is 400 g/mol. The van der Waals surface area contributed by atoms with Crippen LogP contribution in [0.2, 0.25) is 0 Å². The fourth-order valence-corrected chi connectivity index (χ4v) is 5.42. The van der Waals surface area contributed by atoms with E-state index in [2.05, 4.69) is 22.9 Å². The molecule has 0 saturated carbocycles. The van der Waals surface area contributed by atoms with Crippen LogP contribution in [0.15, 0.2) is 24.3 Å². The maximum atomic E-state index is 12.4. The topological polar surface area (TPSA) is 75.6 Å². The van der Waals surface area contributed by atoms with Crippen molar-refractivity contribution in [1.82, 2.24) is 14.3 Å². The zero-order valence-electron chi connectivity index (χ0n) is 18.4. The van der Waals surface area contributed by atoms with Gasteiger partial charge in [-0.1, -0.05) is 26.0 Å². The zero-order chi connectivity index (χ0) is 21.7. The van der Waals surface area contributed by atoms with Crippen molar-refractivity contribution in [2.45, 2.75) is 40.0 Å². The van der Waals surface area contributed by atoms with E-state index in [9.17, 15) is 8.42 Å². The molecule has 0 spiro atoms. The summed E-state index contributed by atoms with van der Waals surface area (Å²) in [6.45, 7) is 8.17. The number of methoxy groups -OCH3 is 1. The van der Waals surface area contributed by atoms with Gasteiger partial charge in [-0.05, 0) is 37.5 Å². The number of hydrogen-bond donors (Lipinski definition) is 0. The van der Waals surface area contributed by atoms with Crippen LogP contribution in [0.25, 0.3) is 0 Å². The number of anilines is 1. The van der Waals surface area contributed by atoms with Crippen molar-refractivity contribution in [3.05, 3.63) is 46.9 Å². The minimum absolute atomic E-state index is 0.209. The number of sulfonamides is 1. The molecule has 0 amide bonds. The number of hydrogen-bond acceptors (Lipinski definition) is 6. The highest BCUT2D eigenvalue weighted by atomic mass is 32.2. The van der Waals surface area contributed by atoms with E-state index in [4.69, 9.17) is 9.72 Å². The summed E-state index contributed by atoms with van der Waals surface area (Å²) in [7, 11) is -1.50. The van der Waals surface area contributed by atoms with Crippen LogP contribution >= 0.6 is 0 Å². The van der Waals surface area contributed by atoms with Crippen molar-refractivity contribution in [3.63, 3.8) is 0 Å². The van der Waals surface area contributed by atoms with Gasteiger partial charge in [0.1, 0.15) is 17.4 Å². The summed E-state index contributed by atoms with van der Waals surface area (Å²) in [5.41, 5.74) is 3.30. The highest BCUT2D eigenvalue weighted by molar-refractivity contribution is 7.89. The van der Waals surface area contributed by atoms with Crippen LogP contribution in [0.5, 0.6) is 5.75 Å². The number of piperazine rings is 1. The molecule has 1 saturated heterocycles. The molecule has 8 heteroatoms. The molecule has 7 nitrogen and oxygen atoms in total. The molecule has 0 aliphatic carbocycles.